The summed E-state index contributed by atoms with van der Waals surface area (Å²) in [5.41, 5.74) is 3.79. The Hall–Kier alpha value is -2.57. The number of carbonyl (C=O) groups is 1. The second kappa shape index (κ2) is 4.27. The van der Waals surface area contributed by atoms with E-state index in [2.05, 4.69) is 0 Å². The number of pyridine rings is 1. The fourth-order valence-electron chi connectivity index (χ4n) is 1.92. The molecule has 0 aliphatic rings. The molecule has 0 fully saturated rings. The summed E-state index contributed by atoms with van der Waals surface area (Å²) in [5.74, 6) is -3.78. The summed E-state index contributed by atoms with van der Waals surface area (Å²) >= 11 is 0. The highest BCUT2D eigenvalue weighted by atomic mass is 19.1. The quantitative estimate of drug-likeness (QED) is 0.694. The molecule has 19 heavy (non-hydrogen) atoms. The van der Waals surface area contributed by atoms with Gasteiger partial charge >= 0.3 is 0 Å². The van der Waals surface area contributed by atoms with Crippen molar-refractivity contribution >= 4 is 16.8 Å². The Kier molecular flexibility index (Phi) is 2.89. The van der Waals surface area contributed by atoms with Crippen molar-refractivity contribution < 1.29 is 19.4 Å². The van der Waals surface area contributed by atoms with Crippen molar-refractivity contribution in [2.24, 2.45) is 5.73 Å². The predicted octanol–water partition coefficient (Wildman–Crippen LogP) is 0.671. The largest absolute Gasteiger partial charge is 0.504 e. The molecule has 1 amide bonds. The van der Waals surface area contributed by atoms with E-state index in [0.29, 0.717) is 0 Å². The first-order valence-corrected chi connectivity index (χ1v) is 5.45. The summed E-state index contributed by atoms with van der Waals surface area (Å²) < 4.78 is 15.2. The molecule has 2 rings (SSSR count). The fourth-order valence-corrected chi connectivity index (χ4v) is 1.92. The topological polar surface area (TPSA) is 106 Å². The van der Waals surface area contributed by atoms with E-state index in [4.69, 9.17) is 5.73 Å². The highest BCUT2D eigenvalue weighted by molar-refractivity contribution is 5.96. The van der Waals surface area contributed by atoms with Crippen molar-refractivity contribution in [3.63, 3.8) is 0 Å². The number of carbonyl (C=O) groups excluding carboxylic acids is 1. The average molecular weight is 266 g/mol. The number of nitrogens with two attached hydrogens (primary N) is 1. The number of nitrogens with zero attached hydrogens (tertiary/aromatic N) is 1. The van der Waals surface area contributed by atoms with E-state index < -0.39 is 28.7 Å². The number of benzene rings is 1. The van der Waals surface area contributed by atoms with Crippen LogP contribution in [-0.2, 0) is 6.54 Å². The summed E-state index contributed by atoms with van der Waals surface area (Å²) in [4.78, 5) is 23.2. The molecule has 7 heteroatoms. The van der Waals surface area contributed by atoms with Crippen LogP contribution in [0.4, 0.5) is 4.39 Å². The van der Waals surface area contributed by atoms with Gasteiger partial charge < -0.3 is 20.5 Å². The number of halogens is 1. The van der Waals surface area contributed by atoms with Crippen LogP contribution in [0, 0.1) is 5.82 Å². The summed E-state index contributed by atoms with van der Waals surface area (Å²) in [6.45, 7) is 1.91. The van der Waals surface area contributed by atoms with Crippen LogP contribution in [0.2, 0.25) is 0 Å². The van der Waals surface area contributed by atoms with Gasteiger partial charge in [-0.15, -0.1) is 0 Å². The third-order valence-electron chi connectivity index (χ3n) is 2.86. The SMILES string of the molecule is CCn1cc(C(N)=O)c(=O)c2cc(O)c(O)c(F)c21. The van der Waals surface area contributed by atoms with Crippen molar-refractivity contribution in [3.05, 3.63) is 33.9 Å². The highest BCUT2D eigenvalue weighted by Gasteiger charge is 2.20. The maximum Gasteiger partial charge on any atom is 0.254 e. The molecule has 0 spiro atoms. The Labute approximate surface area is 106 Å². The van der Waals surface area contributed by atoms with Crippen LogP contribution in [-0.4, -0.2) is 20.7 Å². The maximum absolute atomic E-state index is 13.9. The number of aromatic nitrogens is 1. The smallest absolute Gasteiger partial charge is 0.254 e. The first-order chi connectivity index (χ1) is 8.88. The van der Waals surface area contributed by atoms with Gasteiger partial charge in [0, 0.05) is 12.7 Å². The van der Waals surface area contributed by atoms with Crippen molar-refractivity contribution in [2.75, 3.05) is 0 Å². The van der Waals surface area contributed by atoms with Gasteiger partial charge in [-0.2, -0.15) is 0 Å². The standard InChI is InChI=1S/C12H11FN2O4/c1-2-15-4-6(12(14)19)10(17)5-3-7(16)11(18)8(13)9(5)15/h3-4,16,18H,2H2,1H3,(H2,14,19). The van der Waals surface area contributed by atoms with Crippen LogP contribution >= 0.6 is 0 Å². The van der Waals surface area contributed by atoms with E-state index in [1.807, 2.05) is 0 Å². The van der Waals surface area contributed by atoms with Crippen LogP contribution in [0.1, 0.15) is 17.3 Å². The first kappa shape index (κ1) is 12.9. The number of aryl methyl sites for hydroxylation is 1. The Bertz CT molecular complexity index is 752. The third-order valence-corrected chi connectivity index (χ3v) is 2.86. The van der Waals surface area contributed by atoms with Gasteiger partial charge in [0.05, 0.1) is 10.9 Å². The van der Waals surface area contributed by atoms with E-state index in [1.165, 1.54) is 4.57 Å². The lowest BCUT2D eigenvalue weighted by Gasteiger charge is -2.12. The lowest BCUT2D eigenvalue weighted by molar-refractivity contribution is 0.0998. The van der Waals surface area contributed by atoms with E-state index in [0.717, 1.165) is 12.3 Å². The Morgan fingerprint density at radius 1 is 1.47 bits per heavy atom. The maximum atomic E-state index is 13.9. The van der Waals surface area contributed by atoms with Crippen molar-refractivity contribution in [2.45, 2.75) is 13.5 Å². The zero-order valence-electron chi connectivity index (χ0n) is 9.98. The molecule has 2 aromatic rings. The number of aromatic hydroxyl groups is 2. The van der Waals surface area contributed by atoms with Gasteiger partial charge in [-0.1, -0.05) is 0 Å². The molecule has 6 nitrogen and oxygen atoms in total. The summed E-state index contributed by atoms with van der Waals surface area (Å²) in [6, 6.07) is 0.911. The third kappa shape index (κ3) is 1.79. The Balaban J connectivity index is 3.08. The lowest BCUT2D eigenvalue weighted by Crippen LogP contribution is -2.24. The van der Waals surface area contributed by atoms with E-state index in [1.54, 1.807) is 6.92 Å². The molecule has 0 bridgehead atoms. The van der Waals surface area contributed by atoms with Gasteiger partial charge in [0.2, 0.25) is 5.43 Å². The molecular weight excluding hydrogens is 255 g/mol. The number of hydrogen-bond acceptors (Lipinski definition) is 4. The second-order valence-electron chi connectivity index (χ2n) is 3.98. The molecule has 0 aliphatic heterocycles. The molecule has 0 aliphatic carbocycles. The monoisotopic (exact) mass is 266 g/mol. The van der Waals surface area contributed by atoms with Gasteiger partial charge in [-0.05, 0) is 13.0 Å². The highest BCUT2D eigenvalue weighted by Crippen LogP contribution is 2.33. The molecule has 100 valence electrons. The summed E-state index contributed by atoms with van der Waals surface area (Å²) in [6.07, 6.45) is 1.13. The summed E-state index contributed by atoms with van der Waals surface area (Å²) in [5, 5.41) is 18.5. The minimum Gasteiger partial charge on any atom is -0.504 e. The number of fused-ring (bicyclic) bond motifs is 1. The van der Waals surface area contributed by atoms with E-state index >= 15 is 0 Å². The molecule has 1 aromatic heterocycles. The van der Waals surface area contributed by atoms with Crippen molar-refractivity contribution in [3.8, 4) is 11.5 Å². The second-order valence-corrected chi connectivity index (χ2v) is 3.98. The zero-order chi connectivity index (χ0) is 14.3. The van der Waals surface area contributed by atoms with Crippen LogP contribution in [0.15, 0.2) is 17.1 Å². The zero-order valence-corrected chi connectivity index (χ0v) is 9.98. The van der Waals surface area contributed by atoms with Gasteiger partial charge in [0.1, 0.15) is 5.56 Å². The molecular formula is C12H11FN2O4. The lowest BCUT2D eigenvalue weighted by atomic mass is 10.1. The average Bonchev–Trinajstić information content (AvgIpc) is 2.37. The molecule has 0 radical (unpaired) electrons. The van der Waals surface area contributed by atoms with Gasteiger partial charge in [0.25, 0.3) is 5.91 Å². The number of amides is 1. The normalized spacial score (nSPS) is 10.8. The van der Waals surface area contributed by atoms with E-state index in [9.17, 15) is 24.2 Å². The first-order valence-electron chi connectivity index (χ1n) is 5.45. The minimum absolute atomic E-state index is 0.187. The van der Waals surface area contributed by atoms with Gasteiger partial charge in [0.15, 0.2) is 17.3 Å². The predicted molar refractivity (Wildman–Crippen MR) is 65.7 cm³/mol. The van der Waals surface area contributed by atoms with Crippen LogP contribution in [0.25, 0.3) is 10.9 Å². The van der Waals surface area contributed by atoms with Crippen LogP contribution < -0.4 is 11.2 Å². The fraction of sp³-hybridized carbons (Fsp3) is 0.167. The number of hydrogen-bond donors (Lipinski definition) is 3. The number of rotatable bonds is 2. The van der Waals surface area contributed by atoms with Crippen LogP contribution in [0.3, 0.4) is 0 Å². The van der Waals surface area contributed by atoms with Crippen LogP contribution in [0.5, 0.6) is 11.5 Å². The molecule has 4 N–H and O–H groups in total. The minimum atomic E-state index is -1.12. The molecule has 0 saturated carbocycles. The van der Waals surface area contributed by atoms with Crippen molar-refractivity contribution in [1.82, 2.24) is 4.57 Å². The molecule has 1 aromatic carbocycles. The van der Waals surface area contributed by atoms with E-state index in [-0.39, 0.29) is 23.0 Å². The number of primary amides is 1. The molecule has 0 saturated heterocycles. The summed E-state index contributed by atoms with van der Waals surface area (Å²) in [7, 11) is 0. The molecule has 0 atom stereocenters. The number of phenols is 2. The van der Waals surface area contributed by atoms with Gasteiger partial charge in [-0.25, -0.2) is 4.39 Å². The Morgan fingerprint density at radius 2 is 2.11 bits per heavy atom. The van der Waals surface area contributed by atoms with Crippen molar-refractivity contribution in [1.29, 1.82) is 0 Å². The number of phenolic OH excluding ortho intramolecular Hbond substituents is 2. The molecule has 0 unspecified atom stereocenters. The van der Waals surface area contributed by atoms with Gasteiger partial charge in [-0.3, -0.25) is 9.59 Å². The molecule has 1 heterocycles. The Morgan fingerprint density at radius 3 is 2.63 bits per heavy atom.